The zero-order chi connectivity index (χ0) is 28.4. The maximum absolute atomic E-state index is 12.5. The SMILES string of the molecule is CC1=C(Nc2nc(-c3cccs3)nc3sc(-c4ccc(OCCN(C)CCN(C)C)cc4)c(C)c23)C(=O)NC1=O.Cl. The van der Waals surface area contributed by atoms with Crippen molar-refractivity contribution in [1.29, 1.82) is 0 Å². The van der Waals surface area contributed by atoms with Crippen molar-refractivity contribution in [2.75, 3.05) is 52.7 Å². The summed E-state index contributed by atoms with van der Waals surface area (Å²) in [4.78, 5) is 41.4. The van der Waals surface area contributed by atoms with Gasteiger partial charge in [-0.2, -0.15) is 0 Å². The fourth-order valence-corrected chi connectivity index (χ4v) is 6.18. The Bertz CT molecular complexity index is 1580. The molecule has 5 rings (SSSR count). The van der Waals surface area contributed by atoms with Crippen LogP contribution in [-0.4, -0.2) is 79.0 Å². The van der Waals surface area contributed by atoms with Gasteiger partial charge in [-0.3, -0.25) is 14.9 Å². The van der Waals surface area contributed by atoms with Crippen LogP contribution in [-0.2, 0) is 9.59 Å². The Balaban J connectivity index is 0.00000387. The first-order chi connectivity index (χ1) is 19.2. The second-order valence-electron chi connectivity index (χ2n) is 10.00. The number of nitrogens with zero attached hydrogens (tertiary/aromatic N) is 4. The van der Waals surface area contributed by atoms with Crippen LogP contribution < -0.4 is 15.4 Å². The fraction of sp³-hybridized carbons (Fsp3) is 0.310. The highest BCUT2D eigenvalue weighted by Crippen LogP contribution is 2.42. The number of hydrogen-bond donors (Lipinski definition) is 2. The van der Waals surface area contributed by atoms with E-state index in [2.05, 4.69) is 53.7 Å². The Hall–Kier alpha value is -3.35. The van der Waals surface area contributed by atoms with Crippen molar-refractivity contribution in [3.8, 4) is 26.9 Å². The van der Waals surface area contributed by atoms with Crippen LogP contribution in [0, 0.1) is 6.92 Å². The van der Waals surface area contributed by atoms with Gasteiger partial charge in [0.15, 0.2) is 5.82 Å². The summed E-state index contributed by atoms with van der Waals surface area (Å²) in [6.07, 6.45) is 0. The highest BCUT2D eigenvalue weighted by Gasteiger charge is 2.29. The number of aryl methyl sites for hydroxylation is 1. The number of thiophene rings is 2. The molecule has 0 fully saturated rings. The summed E-state index contributed by atoms with van der Waals surface area (Å²) < 4.78 is 5.99. The Morgan fingerprint density at radius 2 is 1.73 bits per heavy atom. The molecule has 2 amide bonds. The third-order valence-corrected chi connectivity index (χ3v) is 8.83. The van der Waals surface area contributed by atoms with Gasteiger partial charge in [0.2, 0.25) is 0 Å². The largest absolute Gasteiger partial charge is 0.492 e. The van der Waals surface area contributed by atoms with E-state index in [1.165, 1.54) is 0 Å². The van der Waals surface area contributed by atoms with E-state index in [9.17, 15) is 9.59 Å². The van der Waals surface area contributed by atoms with Crippen molar-refractivity contribution >= 4 is 62.9 Å². The molecule has 4 aromatic rings. The van der Waals surface area contributed by atoms with Crippen LogP contribution in [0.15, 0.2) is 53.0 Å². The molecule has 4 heterocycles. The number of carbonyl (C=O) groups excluding carboxylic acids is 2. The summed E-state index contributed by atoms with van der Waals surface area (Å²) in [7, 11) is 6.25. The zero-order valence-corrected chi connectivity index (χ0v) is 26.1. The minimum absolute atomic E-state index is 0. The smallest absolute Gasteiger partial charge is 0.275 e. The van der Waals surface area contributed by atoms with E-state index < -0.39 is 11.8 Å². The molecule has 12 heteroatoms. The number of halogens is 1. The molecule has 0 spiro atoms. The van der Waals surface area contributed by atoms with Crippen molar-refractivity contribution in [3.63, 3.8) is 0 Å². The molecule has 0 radical (unpaired) electrons. The Morgan fingerprint density at radius 3 is 2.37 bits per heavy atom. The molecule has 0 bridgehead atoms. The lowest BCUT2D eigenvalue weighted by Gasteiger charge is -2.19. The first-order valence-corrected chi connectivity index (χ1v) is 14.7. The number of carbonyl (C=O) groups is 2. The molecule has 0 unspecified atom stereocenters. The molecule has 0 aliphatic carbocycles. The molecule has 0 saturated carbocycles. The predicted molar refractivity (Wildman–Crippen MR) is 169 cm³/mol. The number of imide groups is 1. The van der Waals surface area contributed by atoms with Gasteiger partial charge < -0.3 is 19.9 Å². The Labute approximate surface area is 253 Å². The van der Waals surface area contributed by atoms with Gasteiger partial charge in [-0.15, -0.1) is 35.1 Å². The molecule has 41 heavy (non-hydrogen) atoms. The Kier molecular flexibility index (Phi) is 9.77. The van der Waals surface area contributed by atoms with Crippen LogP contribution in [0.1, 0.15) is 12.5 Å². The van der Waals surface area contributed by atoms with Crippen LogP contribution in [0.5, 0.6) is 5.75 Å². The molecule has 3 aromatic heterocycles. The summed E-state index contributed by atoms with van der Waals surface area (Å²) in [5.74, 6) is 1.04. The minimum atomic E-state index is -0.459. The molecular formula is C29H33ClN6O3S2. The molecule has 1 aliphatic heterocycles. The van der Waals surface area contributed by atoms with E-state index in [1.807, 2.05) is 36.6 Å². The molecule has 216 valence electrons. The van der Waals surface area contributed by atoms with E-state index in [1.54, 1.807) is 29.6 Å². The van der Waals surface area contributed by atoms with Crippen LogP contribution >= 0.6 is 35.1 Å². The average molecular weight is 613 g/mol. The highest BCUT2D eigenvalue weighted by molar-refractivity contribution is 7.22. The van der Waals surface area contributed by atoms with Gasteiger partial charge >= 0.3 is 0 Å². The molecule has 1 aromatic carbocycles. The number of benzene rings is 1. The minimum Gasteiger partial charge on any atom is -0.492 e. The number of rotatable bonds is 11. The fourth-order valence-electron chi connectivity index (χ4n) is 4.34. The van der Waals surface area contributed by atoms with Gasteiger partial charge in [-0.05, 0) is 81.8 Å². The standard InChI is InChI=1S/C29H32N6O3S2.ClH/c1-17-22-26(30-23-18(2)27(36)33-28(23)37)31-25(21-7-6-16-39-21)32-29(22)40-24(17)19-8-10-20(11-9-19)38-15-14-35(5)13-12-34(3)4;/h6-11,16H,12-15H2,1-5H3,(H2,30,31,32,33,36,37);1H. The zero-order valence-electron chi connectivity index (χ0n) is 23.6. The van der Waals surface area contributed by atoms with E-state index in [4.69, 9.17) is 14.7 Å². The first kappa shape index (κ1) is 30.6. The molecule has 1 aliphatic rings. The molecule has 0 atom stereocenters. The highest BCUT2D eigenvalue weighted by atomic mass is 35.5. The maximum Gasteiger partial charge on any atom is 0.275 e. The van der Waals surface area contributed by atoms with Crippen molar-refractivity contribution in [2.45, 2.75) is 13.8 Å². The summed E-state index contributed by atoms with van der Waals surface area (Å²) in [5.41, 5.74) is 2.59. The molecule has 2 N–H and O–H groups in total. The lowest BCUT2D eigenvalue weighted by atomic mass is 10.1. The average Bonchev–Trinajstić information content (AvgIpc) is 3.64. The van der Waals surface area contributed by atoms with Crippen molar-refractivity contribution < 1.29 is 14.3 Å². The quantitative estimate of drug-likeness (QED) is 0.228. The van der Waals surface area contributed by atoms with E-state index in [0.717, 1.165) is 56.5 Å². The third-order valence-electron chi connectivity index (χ3n) is 6.73. The van der Waals surface area contributed by atoms with Crippen molar-refractivity contribution in [1.82, 2.24) is 25.1 Å². The van der Waals surface area contributed by atoms with Gasteiger partial charge in [0.1, 0.15) is 28.7 Å². The number of nitrogens with one attached hydrogen (secondary N) is 2. The van der Waals surface area contributed by atoms with E-state index >= 15 is 0 Å². The van der Waals surface area contributed by atoms with Gasteiger partial charge in [-0.25, -0.2) is 9.97 Å². The van der Waals surface area contributed by atoms with Crippen molar-refractivity contribution in [3.05, 3.63) is 58.6 Å². The van der Waals surface area contributed by atoms with Gasteiger partial charge in [0.05, 0.1) is 10.3 Å². The van der Waals surface area contributed by atoms with Crippen molar-refractivity contribution in [2.24, 2.45) is 0 Å². The number of aromatic nitrogens is 2. The van der Waals surface area contributed by atoms with Crippen LogP contribution in [0.4, 0.5) is 5.82 Å². The monoisotopic (exact) mass is 612 g/mol. The topological polar surface area (TPSA) is 99.7 Å². The second-order valence-corrected chi connectivity index (χ2v) is 11.9. The molecule has 0 saturated heterocycles. The number of anilines is 1. The number of likely N-dealkylation sites (N-methyl/N-ethyl adjacent to an activating group) is 2. The molecule has 9 nitrogen and oxygen atoms in total. The number of fused-ring (bicyclic) bond motifs is 1. The Morgan fingerprint density at radius 1 is 0.976 bits per heavy atom. The summed E-state index contributed by atoms with van der Waals surface area (Å²) in [5, 5.41) is 8.30. The summed E-state index contributed by atoms with van der Waals surface area (Å²) in [6, 6.07) is 12.0. The summed E-state index contributed by atoms with van der Waals surface area (Å²) >= 11 is 3.12. The second kappa shape index (κ2) is 13.1. The first-order valence-electron chi connectivity index (χ1n) is 13.0. The number of hydrogen-bond acceptors (Lipinski definition) is 10. The van der Waals surface area contributed by atoms with Gasteiger partial charge in [0.25, 0.3) is 11.8 Å². The maximum atomic E-state index is 12.5. The predicted octanol–water partition coefficient (Wildman–Crippen LogP) is 5.03. The van der Waals surface area contributed by atoms with Gasteiger partial charge in [-0.1, -0.05) is 6.07 Å². The number of amides is 2. The van der Waals surface area contributed by atoms with Crippen LogP contribution in [0.2, 0.25) is 0 Å². The van der Waals surface area contributed by atoms with Gasteiger partial charge in [0, 0.05) is 30.1 Å². The van der Waals surface area contributed by atoms with E-state index in [0.29, 0.717) is 23.8 Å². The van der Waals surface area contributed by atoms with Crippen LogP contribution in [0.25, 0.3) is 31.4 Å². The van der Waals surface area contributed by atoms with E-state index in [-0.39, 0.29) is 18.1 Å². The summed E-state index contributed by atoms with van der Waals surface area (Å²) in [6.45, 7) is 7.13. The lowest BCUT2D eigenvalue weighted by molar-refractivity contribution is -0.124. The lowest BCUT2D eigenvalue weighted by Crippen LogP contribution is -2.31. The molecular weight excluding hydrogens is 580 g/mol. The third kappa shape index (κ3) is 6.77. The normalized spacial score (nSPS) is 13.3. The number of ether oxygens (including phenoxy) is 1. The van der Waals surface area contributed by atoms with Crippen LogP contribution in [0.3, 0.4) is 0 Å².